The number of anilines is 2. The van der Waals surface area contributed by atoms with E-state index in [1.165, 1.54) is 10.5 Å². The van der Waals surface area contributed by atoms with Gasteiger partial charge in [-0.05, 0) is 48.2 Å². The number of thioether (sulfide) groups is 1. The molecule has 2 N–H and O–H groups in total. The van der Waals surface area contributed by atoms with Gasteiger partial charge in [-0.25, -0.2) is 0 Å². The summed E-state index contributed by atoms with van der Waals surface area (Å²) in [6.07, 6.45) is 2.09. The van der Waals surface area contributed by atoms with Gasteiger partial charge in [0.15, 0.2) is 0 Å². The van der Waals surface area contributed by atoms with Crippen LogP contribution in [0.2, 0.25) is 0 Å². The Bertz CT molecular complexity index is 429. The van der Waals surface area contributed by atoms with Crippen LogP contribution in [0, 0.1) is 0 Å². The molecule has 0 heterocycles. The Morgan fingerprint density at radius 3 is 2.06 bits per heavy atom. The molecule has 0 radical (unpaired) electrons. The normalized spacial score (nSPS) is 10.1. The Labute approximate surface area is 113 Å². The van der Waals surface area contributed by atoms with Crippen LogP contribution in [0.25, 0.3) is 0 Å². The highest BCUT2D eigenvalue weighted by Gasteiger charge is 1.95. The lowest BCUT2D eigenvalue weighted by Crippen LogP contribution is -1.99. The minimum absolute atomic E-state index is 0.850. The molecule has 2 nitrogen and oxygen atoms in total. The Hall–Kier alpha value is -1.61. The summed E-state index contributed by atoms with van der Waals surface area (Å²) in [7, 11) is 1.93. The zero-order valence-corrected chi connectivity index (χ0v) is 11.6. The molecule has 0 spiro atoms. The van der Waals surface area contributed by atoms with Crippen LogP contribution in [0.4, 0.5) is 11.4 Å². The molecule has 0 saturated heterocycles. The summed E-state index contributed by atoms with van der Waals surface area (Å²) in [4.78, 5) is 1.29. The van der Waals surface area contributed by atoms with Crippen molar-refractivity contribution in [2.45, 2.75) is 11.4 Å². The summed E-state index contributed by atoms with van der Waals surface area (Å²) in [5.41, 5.74) is 3.58. The molecule has 0 saturated carbocycles. The molecule has 18 heavy (non-hydrogen) atoms. The Kier molecular flexibility index (Phi) is 4.53. The number of rotatable bonds is 5. The molecule has 94 valence electrons. The maximum Gasteiger partial charge on any atom is 0.0400 e. The smallest absolute Gasteiger partial charge is 0.0400 e. The molecule has 0 aliphatic carbocycles. The van der Waals surface area contributed by atoms with Crippen molar-refractivity contribution in [3.63, 3.8) is 0 Å². The molecule has 0 aliphatic heterocycles. The van der Waals surface area contributed by atoms with Crippen molar-refractivity contribution in [3.8, 4) is 0 Å². The van der Waals surface area contributed by atoms with E-state index in [4.69, 9.17) is 0 Å². The number of benzene rings is 2. The van der Waals surface area contributed by atoms with Crippen molar-refractivity contribution in [2.24, 2.45) is 0 Å². The van der Waals surface area contributed by atoms with Gasteiger partial charge >= 0.3 is 0 Å². The second kappa shape index (κ2) is 6.36. The van der Waals surface area contributed by atoms with Crippen LogP contribution < -0.4 is 10.6 Å². The summed E-state index contributed by atoms with van der Waals surface area (Å²) >= 11 is 1.76. The first kappa shape index (κ1) is 12.8. The minimum atomic E-state index is 0.850. The van der Waals surface area contributed by atoms with E-state index in [1.807, 2.05) is 7.05 Å². The molecule has 2 aromatic carbocycles. The summed E-state index contributed by atoms with van der Waals surface area (Å²) < 4.78 is 0. The first-order valence-electron chi connectivity index (χ1n) is 5.96. The average molecular weight is 258 g/mol. The van der Waals surface area contributed by atoms with Gasteiger partial charge in [-0.2, -0.15) is 0 Å². The summed E-state index contributed by atoms with van der Waals surface area (Å²) in [6.45, 7) is 0.850. The molecule has 0 amide bonds. The van der Waals surface area contributed by atoms with Gasteiger partial charge in [0.05, 0.1) is 0 Å². The quantitative estimate of drug-likeness (QED) is 0.791. The predicted molar refractivity (Wildman–Crippen MR) is 81.5 cm³/mol. The first-order chi connectivity index (χ1) is 8.81. The number of hydrogen-bond acceptors (Lipinski definition) is 3. The van der Waals surface area contributed by atoms with E-state index in [2.05, 4.69) is 65.4 Å². The molecule has 2 rings (SSSR count). The van der Waals surface area contributed by atoms with E-state index in [0.717, 1.165) is 17.9 Å². The van der Waals surface area contributed by atoms with Crippen LogP contribution in [-0.4, -0.2) is 13.3 Å². The third kappa shape index (κ3) is 3.44. The Balaban J connectivity index is 1.93. The predicted octanol–water partition coefficient (Wildman–Crippen LogP) is 4.06. The molecule has 0 bridgehead atoms. The fourth-order valence-corrected chi connectivity index (χ4v) is 2.11. The molecule has 0 atom stereocenters. The van der Waals surface area contributed by atoms with Gasteiger partial charge in [0.1, 0.15) is 0 Å². The molecule has 2 aromatic rings. The molecule has 0 aromatic heterocycles. The second-order valence-corrected chi connectivity index (χ2v) is 4.91. The number of nitrogens with one attached hydrogen (secondary N) is 2. The largest absolute Gasteiger partial charge is 0.388 e. The van der Waals surface area contributed by atoms with E-state index in [-0.39, 0.29) is 0 Å². The van der Waals surface area contributed by atoms with Crippen LogP contribution in [0.15, 0.2) is 53.4 Å². The molecule has 0 fully saturated rings. The zero-order chi connectivity index (χ0) is 12.8. The van der Waals surface area contributed by atoms with Crippen LogP contribution in [0.5, 0.6) is 0 Å². The van der Waals surface area contributed by atoms with Crippen molar-refractivity contribution < 1.29 is 0 Å². The lowest BCUT2D eigenvalue weighted by Gasteiger charge is -2.08. The molecular weight excluding hydrogens is 240 g/mol. The van der Waals surface area contributed by atoms with E-state index in [1.54, 1.807) is 11.8 Å². The Morgan fingerprint density at radius 1 is 0.889 bits per heavy atom. The van der Waals surface area contributed by atoms with Crippen LogP contribution in [0.3, 0.4) is 0 Å². The van der Waals surface area contributed by atoms with Crippen LogP contribution in [-0.2, 0) is 6.54 Å². The van der Waals surface area contributed by atoms with Gasteiger partial charge in [-0.3, -0.25) is 0 Å². The van der Waals surface area contributed by atoms with E-state index < -0.39 is 0 Å². The van der Waals surface area contributed by atoms with E-state index in [9.17, 15) is 0 Å². The van der Waals surface area contributed by atoms with Crippen molar-refractivity contribution in [2.75, 3.05) is 23.9 Å². The SMILES string of the molecule is CNc1ccc(CNc2ccc(SC)cc2)cc1. The van der Waals surface area contributed by atoms with Gasteiger partial charge in [-0.15, -0.1) is 11.8 Å². The highest BCUT2D eigenvalue weighted by Crippen LogP contribution is 2.18. The molecule has 0 unspecified atom stereocenters. The fraction of sp³-hybridized carbons (Fsp3) is 0.200. The van der Waals surface area contributed by atoms with Gasteiger partial charge in [-0.1, -0.05) is 12.1 Å². The van der Waals surface area contributed by atoms with Crippen molar-refractivity contribution in [1.29, 1.82) is 0 Å². The van der Waals surface area contributed by atoms with Gasteiger partial charge < -0.3 is 10.6 Å². The average Bonchev–Trinajstić information content (AvgIpc) is 2.46. The molecule has 0 aliphatic rings. The van der Waals surface area contributed by atoms with Crippen molar-refractivity contribution in [1.82, 2.24) is 0 Å². The monoisotopic (exact) mass is 258 g/mol. The fourth-order valence-electron chi connectivity index (χ4n) is 1.70. The minimum Gasteiger partial charge on any atom is -0.388 e. The highest BCUT2D eigenvalue weighted by atomic mass is 32.2. The van der Waals surface area contributed by atoms with Gasteiger partial charge in [0, 0.05) is 29.9 Å². The molecular formula is C15H18N2S. The number of hydrogen-bond donors (Lipinski definition) is 2. The first-order valence-corrected chi connectivity index (χ1v) is 7.19. The standard InChI is InChI=1S/C15H18N2S/c1-16-13-5-3-12(4-6-13)11-17-14-7-9-15(18-2)10-8-14/h3-10,16-17H,11H2,1-2H3. The van der Waals surface area contributed by atoms with Crippen molar-refractivity contribution >= 4 is 23.1 Å². The maximum atomic E-state index is 3.42. The topological polar surface area (TPSA) is 24.1 Å². The highest BCUT2D eigenvalue weighted by molar-refractivity contribution is 7.98. The Morgan fingerprint density at radius 2 is 1.50 bits per heavy atom. The summed E-state index contributed by atoms with van der Waals surface area (Å²) in [6, 6.07) is 17.0. The third-order valence-electron chi connectivity index (χ3n) is 2.83. The van der Waals surface area contributed by atoms with Gasteiger partial charge in [0.25, 0.3) is 0 Å². The van der Waals surface area contributed by atoms with Crippen LogP contribution >= 0.6 is 11.8 Å². The van der Waals surface area contributed by atoms with E-state index >= 15 is 0 Å². The lowest BCUT2D eigenvalue weighted by atomic mass is 10.2. The lowest BCUT2D eigenvalue weighted by molar-refractivity contribution is 1.15. The third-order valence-corrected chi connectivity index (χ3v) is 3.57. The van der Waals surface area contributed by atoms with E-state index in [0.29, 0.717) is 0 Å². The van der Waals surface area contributed by atoms with Gasteiger partial charge in [0.2, 0.25) is 0 Å². The maximum absolute atomic E-state index is 3.42. The van der Waals surface area contributed by atoms with Crippen LogP contribution in [0.1, 0.15) is 5.56 Å². The second-order valence-electron chi connectivity index (χ2n) is 4.03. The summed E-state index contributed by atoms with van der Waals surface area (Å²) in [5, 5.41) is 6.54. The molecule has 3 heteroatoms. The van der Waals surface area contributed by atoms with Crippen molar-refractivity contribution in [3.05, 3.63) is 54.1 Å². The zero-order valence-electron chi connectivity index (χ0n) is 10.7. The summed E-state index contributed by atoms with van der Waals surface area (Å²) in [5.74, 6) is 0.